The van der Waals surface area contributed by atoms with Gasteiger partial charge >= 0.3 is 5.97 Å². The minimum atomic E-state index is -0.399. The zero-order valence-corrected chi connectivity index (χ0v) is 12.3. The summed E-state index contributed by atoms with van der Waals surface area (Å²) in [5.41, 5.74) is 7.29. The van der Waals surface area contributed by atoms with Crippen LogP contribution in [0.5, 0.6) is 0 Å². The molecule has 0 spiro atoms. The number of nitrogens with one attached hydrogen (secondary N) is 1. The van der Waals surface area contributed by atoms with Crippen molar-refractivity contribution in [2.45, 2.75) is 19.3 Å². The van der Waals surface area contributed by atoms with Crippen LogP contribution in [0.25, 0.3) is 0 Å². The molecule has 0 aliphatic carbocycles. The molecule has 0 saturated carbocycles. The Morgan fingerprint density at radius 2 is 2.14 bits per heavy atom. The zero-order valence-electron chi connectivity index (χ0n) is 12.3. The second-order valence-electron chi connectivity index (χ2n) is 4.60. The fraction of sp³-hybridized carbons (Fsp3) is 0.467. The van der Waals surface area contributed by atoms with Crippen molar-refractivity contribution < 1.29 is 19.1 Å². The van der Waals surface area contributed by atoms with E-state index in [0.29, 0.717) is 25.3 Å². The number of benzene rings is 1. The molecule has 116 valence electrons. The second kappa shape index (κ2) is 9.77. The Morgan fingerprint density at radius 3 is 2.86 bits per heavy atom. The number of nitrogen functional groups attached to an aromatic ring is 1. The van der Waals surface area contributed by atoms with Gasteiger partial charge in [-0.1, -0.05) is 12.1 Å². The molecule has 0 aromatic heterocycles. The lowest BCUT2D eigenvalue weighted by Gasteiger charge is -2.06. The monoisotopic (exact) mass is 294 g/mol. The fourth-order valence-electron chi connectivity index (χ4n) is 1.71. The molecular formula is C15H22N2O4. The predicted molar refractivity (Wildman–Crippen MR) is 79.6 cm³/mol. The maximum Gasteiger partial charge on any atom is 0.306 e. The zero-order chi connectivity index (χ0) is 15.5. The Hall–Kier alpha value is -2.08. The van der Waals surface area contributed by atoms with Gasteiger partial charge in [0.1, 0.15) is 0 Å². The van der Waals surface area contributed by atoms with Crippen molar-refractivity contribution in [2.24, 2.45) is 0 Å². The van der Waals surface area contributed by atoms with Gasteiger partial charge in [0.05, 0.1) is 0 Å². The van der Waals surface area contributed by atoms with Crippen molar-refractivity contribution >= 4 is 17.6 Å². The van der Waals surface area contributed by atoms with Crippen LogP contribution in [-0.2, 0) is 25.5 Å². The molecule has 0 atom stereocenters. The number of carbonyl (C=O) groups excluding carboxylic acids is 2. The smallest absolute Gasteiger partial charge is 0.306 e. The topological polar surface area (TPSA) is 90.6 Å². The molecular weight excluding hydrogens is 272 g/mol. The number of anilines is 1. The molecule has 21 heavy (non-hydrogen) atoms. The third kappa shape index (κ3) is 7.94. The van der Waals surface area contributed by atoms with Crippen molar-refractivity contribution in [3.05, 3.63) is 29.8 Å². The van der Waals surface area contributed by atoms with Crippen molar-refractivity contribution in [1.29, 1.82) is 0 Å². The van der Waals surface area contributed by atoms with Gasteiger partial charge < -0.3 is 20.5 Å². The van der Waals surface area contributed by atoms with Gasteiger partial charge in [0.25, 0.3) is 5.91 Å². The number of hydrogen-bond donors (Lipinski definition) is 2. The van der Waals surface area contributed by atoms with Crippen LogP contribution >= 0.6 is 0 Å². The first-order valence-corrected chi connectivity index (χ1v) is 6.87. The van der Waals surface area contributed by atoms with Crippen LogP contribution < -0.4 is 11.1 Å². The van der Waals surface area contributed by atoms with E-state index >= 15 is 0 Å². The number of rotatable bonds is 9. The van der Waals surface area contributed by atoms with Crippen LogP contribution in [0.2, 0.25) is 0 Å². The SMILES string of the molecule is COCCCNC(=O)COC(=O)CCc1cccc(N)c1. The van der Waals surface area contributed by atoms with E-state index in [1.54, 1.807) is 13.2 Å². The Bertz CT molecular complexity index is 463. The number of ether oxygens (including phenoxy) is 2. The minimum Gasteiger partial charge on any atom is -0.456 e. The first-order valence-electron chi connectivity index (χ1n) is 6.87. The van der Waals surface area contributed by atoms with Crippen LogP contribution in [0.1, 0.15) is 18.4 Å². The average molecular weight is 294 g/mol. The summed E-state index contributed by atoms with van der Waals surface area (Å²) in [6.45, 7) is 0.844. The number of methoxy groups -OCH3 is 1. The van der Waals surface area contributed by atoms with Gasteiger partial charge in [-0.25, -0.2) is 0 Å². The van der Waals surface area contributed by atoms with Crippen molar-refractivity contribution in [1.82, 2.24) is 5.32 Å². The normalized spacial score (nSPS) is 10.1. The molecule has 0 aliphatic heterocycles. The molecule has 0 radical (unpaired) electrons. The van der Waals surface area contributed by atoms with Gasteiger partial charge in [-0.15, -0.1) is 0 Å². The predicted octanol–water partition coefficient (Wildman–Crippen LogP) is 0.897. The van der Waals surface area contributed by atoms with Crippen molar-refractivity contribution in [3.8, 4) is 0 Å². The Kier molecular flexibility index (Phi) is 7.89. The van der Waals surface area contributed by atoms with E-state index in [9.17, 15) is 9.59 Å². The number of esters is 1. The lowest BCUT2D eigenvalue weighted by atomic mass is 10.1. The highest BCUT2D eigenvalue weighted by molar-refractivity contribution is 5.80. The highest BCUT2D eigenvalue weighted by atomic mass is 16.5. The number of aryl methyl sites for hydroxylation is 1. The summed E-state index contributed by atoms with van der Waals surface area (Å²) in [5.74, 6) is -0.701. The number of hydrogen-bond acceptors (Lipinski definition) is 5. The highest BCUT2D eigenvalue weighted by Gasteiger charge is 2.07. The molecule has 1 rings (SSSR count). The van der Waals surface area contributed by atoms with E-state index in [1.165, 1.54) is 0 Å². The molecule has 1 aromatic rings. The number of nitrogens with two attached hydrogens (primary N) is 1. The first-order chi connectivity index (χ1) is 10.1. The second-order valence-corrected chi connectivity index (χ2v) is 4.60. The Morgan fingerprint density at radius 1 is 1.33 bits per heavy atom. The fourth-order valence-corrected chi connectivity index (χ4v) is 1.71. The van der Waals surface area contributed by atoms with Crippen LogP contribution in [-0.4, -0.2) is 38.7 Å². The van der Waals surface area contributed by atoms with Gasteiger partial charge in [-0.3, -0.25) is 9.59 Å². The third-order valence-electron chi connectivity index (χ3n) is 2.78. The molecule has 6 heteroatoms. The van der Waals surface area contributed by atoms with E-state index < -0.39 is 5.97 Å². The largest absolute Gasteiger partial charge is 0.456 e. The van der Waals surface area contributed by atoms with E-state index in [-0.39, 0.29) is 18.9 Å². The highest BCUT2D eigenvalue weighted by Crippen LogP contribution is 2.09. The summed E-state index contributed by atoms with van der Waals surface area (Å²) < 4.78 is 9.76. The molecule has 0 unspecified atom stereocenters. The Labute approximate surface area is 124 Å². The van der Waals surface area contributed by atoms with Crippen LogP contribution in [0, 0.1) is 0 Å². The average Bonchev–Trinajstić information content (AvgIpc) is 2.47. The summed E-state index contributed by atoms with van der Waals surface area (Å²) in [4.78, 5) is 22.9. The molecule has 3 N–H and O–H groups in total. The number of amides is 1. The summed E-state index contributed by atoms with van der Waals surface area (Å²) >= 11 is 0. The maximum atomic E-state index is 11.5. The van der Waals surface area contributed by atoms with Gasteiger partial charge in [-0.2, -0.15) is 0 Å². The molecule has 0 bridgehead atoms. The quantitative estimate of drug-likeness (QED) is 0.401. The van der Waals surface area contributed by atoms with Gasteiger partial charge in [0.2, 0.25) is 0 Å². The van der Waals surface area contributed by atoms with E-state index in [0.717, 1.165) is 12.0 Å². The van der Waals surface area contributed by atoms with E-state index in [1.807, 2.05) is 18.2 Å². The first kappa shape index (κ1) is 17.0. The van der Waals surface area contributed by atoms with Crippen LogP contribution in [0.3, 0.4) is 0 Å². The Balaban J connectivity index is 2.15. The summed E-state index contributed by atoms with van der Waals surface area (Å²) in [6.07, 6.45) is 1.49. The lowest BCUT2D eigenvalue weighted by Crippen LogP contribution is -2.30. The maximum absolute atomic E-state index is 11.5. The summed E-state index contributed by atoms with van der Waals surface area (Å²) in [6, 6.07) is 7.33. The van der Waals surface area contributed by atoms with Gasteiger partial charge in [-0.05, 0) is 30.5 Å². The van der Waals surface area contributed by atoms with Crippen molar-refractivity contribution in [2.75, 3.05) is 32.6 Å². The summed E-state index contributed by atoms with van der Waals surface area (Å²) in [7, 11) is 1.60. The van der Waals surface area contributed by atoms with Crippen LogP contribution in [0.4, 0.5) is 5.69 Å². The van der Waals surface area contributed by atoms with E-state index in [4.69, 9.17) is 15.2 Å². The third-order valence-corrected chi connectivity index (χ3v) is 2.78. The van der Waals surface area contributed by atoms with Gasteiger partial charge in [0, 0.05) is 32.4 Å². The molecule has 0 aliphatic rings. The minimum absolute atomic E-state index is 0.223. The number of carbonyl (C=O) groups is 2. The standard InChI is InChI=1S/C15H22N2O4/c1-20-9-3-8-17-14(18)11-21-15(19)7-6-12-4-2-5-13(16)10-12/h2,4-5,10H,3,6-9,11,16H2,1H3,(H,17,18). The molecule has 0 fully saturated rings. The van der Waals surface area contributed by atoms with Crippen molar-refractivity contribution in [3.63, 3.8) is 0 Å². The molecule has 0 saturated heterocycles. The molecule has 0 heterocycles. The summed E-state index contributed by atoms with van der Waals surface area (Å²) in [5, 5.41) is 2.64. The van der Waals surface area contributed by atoms with Crippen LogP contribution in [0.15, 0.2) is 24.3 Å². The van der Waals surface area contributed by atoms with E-state index in [2.05, 4.69) is 5.32 Å². The molecule has 1 amide bonds. The van der Waals surface area contributed by atoms with Gasteiger partial charge in [0.15, 0.2) is 6.61 Å². The molecule has 6 nitrogen and oxygen atoms in total. The molecule has 1 aromatic carbocycles. The lowest BCUT2D eigenvalue weighted by molar-refractivity contribution is -0.148.